The second-order valence-electron chi connectivity index (χ2n) is 4.10. The van der Waals surface area contributed by atoms with Crippen LogP contribution in [-0.2, 0) is 11.3 Å². The molecule has 0 spiro atoms. The number of hydrogen-bond donors (Lipinski definition) is 1. The minimum absolute atomic E-state index is 0.104. The van der Waals surface area contributed by atoms with Crippen LogP contribution < -0.4 is 5.32 Å². The SMILES string of the molecule is Cc1ccc(Cl)cc1NC(=O)Cn1nc([N+](=O)[O-])nc1Br. The number of carbonyl (C=O) groups excluding carboxylic acids is 1. The summed E-state index contributed by atoms with van der Waals surface area (Å²) in [5.74, 6) is -0.977. The minimum atomic E-state index is -0.736. The Hall–Kier alpha value is -2.00. The summed E-state index contributed by atoms with van der Waals surface area (Å²) in [4.78, 5) is 25.3. The lowest BCUT2D eigenvalue weighted by atomic mass is 10.2. The Labute approximate surface area is 132 Å². The lowest BCUT2D eigenvalue weighted by molar-refractivity contribution is -0.394. The molecule has 0 radical (unpaired) electrons. The van der Waals surface area contributed by atoms with Crippen molar-refractivity contribution in [2.45, 2.75) is 13.5 Å². The molecule has 0 aliphatic rings. The van der Waals surface area contributed by atoms with Gasteiger partial charge in [0.1, 0.15) is 6.54 Å². The Kier molecular flexibility index (Phi) is 4.53. The summed E-state index contributed by atoms with van der Waals surface area (Å²) < 4.78 is 1.19. The summed E-state index contributed by atoms with van der Waals surface area (Å²) >= 11 is 8.87. The summed E-state index contributed by atoms with van der Waals surface area (Å²) in [5, 5.41) is 17.3. The number of aromatic nitrogens is 3. The largest absolute Gasteiger partial charge is 0.492 e. The Morgan fingerprint density at radius 1 is 1.57 bits per heavy atom. The average molecular weight is 375 g/mol. The predicted octanol–water partition coefficient (Wildman–Crippen LogP) is 2.55. The van der Waals surface area contributed by atoms with Crippen LogP contribution >= 0.6 is 27.5 Å². The maximum absolute atomic E-state index is 11.9. The minimum Gasteiger partial charge on any atom is -0.390 e. The molecule has 1 N–H and O–H groups in total. The normalized spacial score (nSPS) is 10.4. The molecule has 0 unspecified atom stereocenters. The number of hydrogen-bond acceptors (Lipinski definition) is 5. The van der Waals surface area contributed by atoms with Crippen LogP contribution in [0.3, 0.4) is 0 Å². The molecule has 1 amide bonds. The number of carbonyl (C=O) groups is 1. The Morgan fingerprint density at radius 3 is 2.90 bits per heavy atom. The number of anilines is 1. The van der Waals surface area contributed by atoms with Crippen molar-refractivity contribution in [2.75, 3.05) is 5.32 Å². The highest BCUT2D eigenvalue weighted by atomic mass is 79.9. The van der Waals surface area contributed by atoms with E-state index < -0.39 is 16.8 Å². The maximum atomic E-state index is 11.9. The highest BCUT2D eigenvalue weighted by Crippen LogP contribution is 2.20. The van der Waals surface area contributed by atoms with Crippen molar-refractivity contribution in [1.82, 2.24) is 14.8 Å². The van der Waals surface area contributed by atoms with E-state index in [1.165, 1.54) is 0 Å². The van der Waals surface area contributed by atoms with Crippen LogP contribution in [0.25, 0.3) is 0 Å². The first-order valence-electron chi connectivity index (χ1n) is 5.67. The molecule has 0 bridgehead atoms. The average Bonchev–Trinajstić information content (AvgIpc) is 2.75. The fraction of sp³-hybridized carbons (Fsp3) is 0.182. The molecule has 21 heavy (non-hydrogen) atoms. The molecule has 2 rings (SSSR count). The molecular formula is C11H9BrClN5O3. The van der Waals surface area contributed by atoms with E-state index in [0.29, 0.717) is 10.7 Å². The topological polar surface area (TPSA) is 103 Å². The standard InChI is InChI=1S/C11H9BrClN5O3/c1-6-2-3-7(13)4-8(6)14-9(19)5-17-10(12)15-11(16-17)18(20)21/h2-4H,5H2,1H3,(H,14,19). The van der Waals surface area contributed by atoms with E-state index in [1.54, 1.807) is 18.2 Å². The van der Waals surface area contributed by atoms with Gasteiger partial charge in [-0.05, 0) is 34.5 Å². The van der Waals surface area contributed by atoms with Gasteiger partial charge in [-0.1, -0.05) is 17.7 Å². The fourth-order valence-corrected chi connectivity index (χ4v) is 2.08. The first-order chi connectivity index (χ1) is 9.86. The highest BCUT2D eigenvalue weighted by Gasteiger charge is 2.21. The van der Waals surface area contributed by atoms with Gasteiger partial charge < -0.3 is 15.4 Å². The third kappa shape index (κ3) is 3.76. The van der Waals surface area contributed by atoms with Gasteiger partial charge in [0.25, 0.3) is 4.73 Å². The van der Waals surface area contributed by atoms with Crippen molar-refractivity contribution in [3.8, 4) is 0 Å². The Balaban J connectivity index is 2.11. The summed E-state index contributed by atoms with van der Waals surface area (Å²) in [6, 6.07) is 5.10. The molecule has 0 saturated heterocycles. The van der Waals surface area contributed by atoms with Gasteiger partial charge in [0.05, 0.1) is 0 Å². The smallest absolute Gasteiger partial charge is 0.390 e. The number of nitrogens with one attached hydrogen (secondary N) is 1. The van der Waals surface area contributed by atoms with Gasteiger partial charge in [0.15, 0.2) is 0 Å². The molecule has 0 atom stereocenters. The quantitative estimate of drug-likeness (QED) is 0.654. The zero-order valence-corrected chi connectivity index (χ0v) is 13.1. The maximum Gasteiger partial charge on any atom is 0.492 e. The highest BCUT2D eigenvalue weighted by molar-refractivity contribution is 9.10. The van der Waals surface area contributed by atoms with Crippen LogP contribution in [0.5, 0.6) is 0 Å². The van der Waals surface area contributed by atoms with Crippen LogP contribution in [0.4, 0.5) is 11.6 Å². The molecule has 2 aromatic rings. The van der Waals surface area contributed by atoms with Crippen molar-refractivity contribution in [1.29, 1.82) is 0 Å². The van der Waals surface area contributed by atoms with Crippen LogP contribution in [0.1, 0.15) is 5.56 Å². The third-order valence-corrected chi connectivity index (χ3v) is 3.37. The zero-order chi connectivity index (χ0) is 15.6. The summed E-state index contributed by atoms with van der Waals surface area (Å²) in [7, 11) is 0. The zero-order valence-electron chi connectivity index (χ0n) is 10.7. The van der Waals surface area contributed by atoms with E-state index in [2.05, 4.69) is 31.3 Å². The number of nitrogens with zero attached hydrogens (tertiary/aromatic N) is 4. The molecule has 8 nitrogen and oxygen atoms in total. The molecule has 0 aliphatic heterocycles. The molecule has 1 aromatic heterocycles. The summed E-state index contributed by atoms with van der Waals surface area (Å²) in [6.45, 7) is 1.61. The van der Waals surface area contributed by atoms with Gasteiger partial charge in [-0.15, -0.1) is 0 Å². The molecule has 1 heterocycles. The molecule has 1 aromatic carbocycles. The van der Waals surface area contributed by atoms with Gasteiger partial charge in [-0.25, -0.2) is 0 Å². The second-order valence-corrected chi connectivity index (χ2v) is 5.25. The number of halogens is 2. The number of benzene rings is 1. The third-order valence-electron chi connectivity index (χ3n) is 2.55. The van der Waals surface area contributed by atoms with E-state index in [9.17, 15) is 14.9 Å². The lowest BCUT2D eigenvalue weighted by Crippen LogP contribution is -2.20. The van der Waals surface area contributed by atoms with Gasteiger partial charge in [0, 0.05) is 31.7 Å². The Morgan fingerprint density at radius 2 is 2.29 bits per heavy atom. The molecule has 10 heteroatoms. The summed E-state index contributed by atoms with van der Waals surface area (Å²) in [6.07, 6.45) is 0. The fourth-order valence-electron chi connectivity index (χ4n) is 1.54. The van der Waals surface area contributed by atoms with Crippen LogP contribution in [0.15, 0.2) is 22.9 Å². The van der Waals surface area contributed by atoms with Crippen LogP contribution in [-0.4, -0.2) is 25.6 Å². The molecule has 0 saturated carbocycles. The van der Waals surface area contributed by atoms with Crippen molar-refractivity contribution in [3.63, 3.8) is 0 Å². The van der Waals surface area contributed by atoms with E-state index in [-0.39, 0.29) is 11.3 Å². The number of rotatable bonds is 4. The monoisotopic (exact) mass is 373 g/mol. The van der Waals surface area contributed by atoms with E-state index in [0.717, 1.165) is 10.2 Å². The van der Waals surface area contributed by atoms with Gasteiger partial charge in [-0.2, -0.15) is 4.68 Å². The number of nitro groups is 1. The van der Waals surface area contributed by atoms with Crippen molar-refractivity contribution < 1.29 is 9.72 Å². The van der Waals surface area contributed by atoms with E-state index in [1.807, 2.05) is 6.92 Å². The molecule has 0 fully saturated rings. The van der Waals surface area contributed by atoms with Crippen molar-refractivity contribution >= 4 is 45.1 Å². The Bertz CT molecular complexity index is 718. The van der Waals surface area contributed by atoms with Crippen LogP contribution in [0, 0.1) is 17.0 Å². The van der Waals surface area contributed by atoms with Gasteiger partial charge in [0.2, 0.25) is 5.91 Å². The first-order valence-corrected chi connectivity index (χ1v) is 6.84. The van der Waals surface area contributed by atoms with E-state index in [4.69, 9.17) is 11.6 Å². The lowest BCUT2D eigenvalue weighted by Gasteiger charge is -2.08. The summed E-state index contributed by atoms with van der Waals surface area (Å²) in [5.41, 5.74) is 1.41. The van der Waals surface area contributed by atoms with Gasteiger partial charge in [-0.3, -0.25) is 4.79 Å². The van der Waals surface area contributed by atoms with Gasteiger partial charge >= 0.3 is 5.95 Å². The predicted molar refractivity (Wildman–Crippen MR) is 79.2 cm³/mol. The number of amides is 1. The second kappa shape index (κ2) is 6.19. The molecule has 0 aliphatic carbocycles. The molecule has 110 valence electrons. The first kappa shape index (κ1) is 15.4. The van der Waals surface area contributed by atoms with Crippen molar-refractivity contribution in [3.05, 3.63) is 43.6 Å². The van der Waals surface area contributed by atoms with E-state index >= 15 is 0 Å². The van der Waals surface area contributed by atoms with Crippen LogP contribution in [0.2, 0.25) is 5.02 Å². The number of aryl methyl sites for hydroxylation is 1. The molecular weight excluding hydrogens is 366 g/mol. The van der Waals surface area contributed by atoms with Crippen molar-refractivity contribution in [2.24, 2.45) is 0 Å².